The maximum absolute atomic E-state index is 9.18. The molecule has 0 N–H and O–H groups in total. The van der Waals surface area contributed by atoms with Crippen molar-refractivity contribution in [3.8, 4) is 22.5 Å². The van der Waals surface area contributed by atoms with Crippen LogP contribution in [0.15, 0.2) is 109 Å². The molecule has 0 spiro atoms. The Balaban J connectivity index is 1.51. The number of nitrogens with zero attached hydrogens (tertiary/aromatic N) is 2. The van der Waals surface area contributed by atoms with Gasteiger partial charge in [-0.3, -0.25) is 0 Å². The van der Waals surface area contributed by atoms with Crippen molar-refractivity contribution < 1.29 is 2.74 Å². The predicted molar refractivity (Wildman–Crippen MR) is 163 cm³/mol. The minimum atomic E-state index is -0.146. The molecular formula is C36H36N2. The van der Waals surface area contributed by atoms with Crippen LogP contribution >= 0.6 is 0 Å². The monoisotopic (exact) mass is 498 g/mol. The van der Waals surface area contributed by atoms with Gasteiger partial charge >= 0.3 is 0 Å². The number of fused-ring (bicyclic) bond motifs is 2. The highest BCUT2D eigenvalue weighted by Crippen LogP contribution is 2.36. The molecule has 38 heavy (non-hydrogen) atoms. The Kier molecular flexibility index (Phi) is 5.07. The van der Waals surface area contributed by atoms with Crippen LogP contribution in [0.5, 0.6) is 0 Å². The lowest BCUT2D eigenvalue weighted by Crippen LogP contribution is -2.10. The van der Waals surface area contributed by atoms with Gasteiger partial charge in [0.05, 0.1) is 13.8 Å². The van der Waals surface area contributed by atoms with E-state index in [-0.39, 0.29) is 10.8 Å². The van der Waals surface area contributed by atoms with Gasteiger partial charge in [0.2, 0.25) is 0 Å². The third kappa shape index (κ3) is 4.15. The number of aromatic nitrogens is 2. The van der Waals surface area contributed by atoms with Crippen LogP contribution in [0.3, 0.4) is 0 Å². The molecule has 0 saturated carbocycles. The van der Waals surface area contributed by atoms with E-state index in [1.54, 1.807) is 0 Å². The van der Waals surface area contributed by atoms with E-state index in [9.17, 15) is 2.74 Å². The van der Waals surface area contributed by atoms with Gasteiger partial charge in [0.1, 0.15) is 0 Å². The van der Waals surface area contributed by atoms with Gasteiger partial charge in [-0.25, -0.2) is 0 Å². The molecule has 6 aromatic rings. The minimum Gasteiger partial charge on any atom is -0.316 e. The zero-order valence-electron chi connectivity index (χ0n) is 25.1. The topological polar surface area (TPSA) is 9.86 Å². The highest BCUT2D eigenvalue weighted by molar-refractivity contribution is 5.88. The fraction of sp³-hybridized carbons (Fsp3) is 0.222. The summed E-state index contributed by atoms with van der Waals surface area (Å²) in [7, 11) is 0. The summed E-state index contributed by atoms with van der Waals surface area (Å²) in [5.74, 6) is 0. The van der Waals surface area contributed by atoms with E-state index in [1.165, 1.54) is 0 Å². The Morgan fingerprint density at radius 2 is 0.895 bits per heavy atom. The van der Waals surface area contributed by atoms with Crippen molar-refractivity contribution in [1.82, 2.24) is 9.13 Å². The molecule has 0 atom stereocenters. The van der Waals surface area contributed by atoms with Crippen molar-refractivity contribution in [2.45, 2.75) is 52.4 Å². The summed E-state index contributed by atoms with van der Waals surface area (Å²) in [6.07, 6.45) is 1.07. The quantitative estimate of drug-likeness (QED) is 0.230. The van der Waals surface area contributed by atoms with Crippen molar-refractivity contribution in [3.63, 3.8) is 0 Å². The van der Waals surface area contributed by atoms with Crippen LogP contribution in [0.1, 0.15) is 55.4 Å². The van der Waals surface area contributed by atoms with E-state index in [2.05, 4.69) is 136 Å². The van der Waals surface area contributed by atoms with Gasteiger partial charge in [-0.15, -0.1) is 0 Å². The van der Waals surface area contributed by atoms with Crippen LogP contribution in [-0.2, 0) is 10.8 Å². The van der Waals surface area contributed by atoms with Crippen molar-refractivity contribution in [2.24, 2.45) is 0 Å². The van der Waals surface area contributed by atoms with E-state index >= 15 is 0 Å². The molecule has 0 amide bonds. The van der Waals surface area contributed by atoms with Gasteiger partial charge in [0.15, 0.2) is 0 Å². The van der Waals surface area contributed by atoms with Crippen LogP contribution in [-0.4, -0.2) is 9.13 Å². The summed E-state index contributed by atoms with van der Waals surface area (Å²) in [4.78, 5) is 0. The fourth-order valence-electron chi connectivity index (χ4n) is 5.42. The molecule has 2 aromatic heterocycles. The molecule has 2 heteroatoms. The standard InChI is InChI=1S/C36H36N2/c1-35(2,3)31-23-37(33-19-9-7-17-29(31)33)27-15-11-13-25(21-27)26-14-12-16-28(22-26)38-24-32(36(4,5)6)30-18-8-10-20-34(30)38/h7-24H,1-6H3/i23D,24D. The second kappa shape index (κ2) is 8.77. The molecule has 0 aliphatic heterocycles. The molecule has 2 heterocycles. The SMILES string of the molecule is [2H]c1c(C(C)(C)C)c2ccccc2n1-c1cccc(-c2cccc(-n3c([2H])c(C(C)(C)C)c4ccccc43)c2)c1. The summed E-state index contributed by atoms with van der Waals surface area (Å²) < 4.78 is 22.5. The summed E-state index contributed by atoms with van der Waals surface area (Å²) in [6.45, 7) is 13.1. The first-order valence-electron chi connectivity index (χ1n) is 14.4. The summed E-state index contributed by atoms with van der Waals surface area (Å²) in [5, 5.41) is 2.26. The van der Waals surface area contributed by atoms with Gasteiger partial charge < -0.3 is 9.13 Å². The zero-order valence-corrected chi connectivity index (χ0v) is 23.1. The first-order valence-corrected chi connectivity index (χ1v) is 13.4. The van der Waals surface area contributed by atoms with Crippen molar-refractivity contribution >= 4 is 21.8 Å². The second-order valence-electron chi connectivity index (χ2n) is 12.3. The van der Waals surface area contributed by atoms with Crippen molar-refractivity contribution in [3.05, 3.63) is 121 Å². The highest BCUT2D eigenvalue weighted by Gasteiger charge is 2.22. The molecule has 0 unspecified atom stereocenters. The summed E-state index contributed by atoms with van der Waals surface area (Å²) in [5.41, 5.74) is 8.04. The molecule has 190 valence electrons. The summed E-state index contributed by atoms with van der Waals surface area (Å²) >= 11 is 0. The number of hydrogen-bond donors (Lipinski definition) is 0. The van der Waals surface area contributed by atoms with Crippen LogP contribution in [0.2, 0.25) is 0 Å². The maximum Gasteiger partial charge on any atom is 0.0826 e. The van der Waals surface area contributed by atoms with Gasteiger partial charge in [-0.1, -0.05) is 102 Å². The predicted octanol–water partition coefficient (Wildman–Crippen LogP) is 9.84. The molecular weight excluding hydrogens is 460 g/mol. The Bertz CT molecular complexity index is 1750. The lowest BCUT2D eigenvalue weighted by Gasteiger charge is -2.17. The Morgan fingerprint density at radius 3 is 1.29 bits per heavy atom. The van der Waals surface area contributed by atoms with Crippen LogP contribution in [0.4, 0.5) is 0 Å². The Labute approximate surface area is 229 Å². The second-order valence-corrected chi connectivity index (χ2v) is 12.3. The first kappa shape index (κ1) is 22.0. The number of rotatable bonds is 3. The van der Waals surface area contributed by atoms with Gasteiger partial charge in [-0.05, 0) is 69.5 Å². The Hall–Kier alpha value is -4.04. The van der Waals surface area contributed by atoms with E-state index in [0.29, 0.717) is 12.3 Å². The zero-order chi connectivity index (χ0) is 28.4. The van der Waals surface area contributed by atoms with Crippen LogP contribution < -0.4 is 0 Å². The number of benzene rings is 4. The van der Waals surface area contributed by atoms with Gasteiger partial charge in [0, 0.05) is 34.5 Å². The summed E-state index contributed by atoms with van der Waals surface area (Å²) in [6, 6.07) is 33.6. The third-order valence-electron chi connectivity index (χ3n) is 7.32. The third-order valence-corrected chi connectivity index (χ3v) is 7.32. The minimum absolute atomic E-state index is 0.146. The first-order chi connectivity index (χ1) is 19.0. The van der Waals surface area contributed by atoms with Crippen molar-refractivity contribution in [1.29, 1.82) is 0 Å². The molecule has 2 nitrogen and oxygen atoms in total. The smallest absolute Gasteiger partial charge is 0.0826 e. The maximum atomic E-state index is 9.18. The molecule has 6 rings (SSSR count). The molecule has 0 saturated heterocycles. The molecule has 4 aromatic carbocycles. The fourth-order valence-corrected chi connectivity index (χ4v) is 5.42. The van der Waals surface area contributed by atoms with Crippen LogP contribution in [0, 0.1) is 0 Å². The molecule has 0 radical (unpaired) electrons. The van der Waals surface area contributed by atoms with Gasteiger partial charge in [-0.2, -0.15) is 0 Å². The lowest BCUT2D eigenvalue weighted by molar-refractivity contribution is 0.594. The highest BCUT2D eigenvalue weighted by atomic mass is 15.0. The number of para-hydroxylation sites is 2. The van der Waals surface area contributed by atoms with E-state index in [4.69, 9.17) is 0 Å². The molecule has 0 aliphatic carbocycles. The van der Waals surface area contributed by atoms with E-state index in [0.717, 1.165) is 55.4 Å². The lowest BCUT2D eigenvalue weighted by atomic mass is 9.87. The average molecular weight is 499 g/mol. The Morgan fingerprint density at radius 1 is 0.500 bits per heavy atom. The number of hydrogen-bond acceptors (Lipinski definition) is 0. The van der Waals surface area contributed by atoms with E-state index in [1.807, 2.05) is 12.1 Å². The largest absolute Gasteiger partial charge is 0.316 e. The van der Waals surface area contributed by atoms with Crippen LogP contribution in [0.25, 0.3) is 44.3 Å². The normalized spacial score (nSPS) is 13.2. The molecule has 0 fully saturated rings. The molecule has 0 aliphatic rings. The van der Waals surface area contributed by atoms with E-state index < -0.39 is 0 Å². The van der Waals surface area contributed by atoms with Crippen molar-refractivity contribution in [2.75, 3.05) is 0 Å². The average Bonchev–Trinajstić information content (AvgIpc) is 3.38. The molecule has 0 bridgehead atoms. The van der Waals surface area contributed by atoms with Gasteiger partial charge in [0.25, 0.3) is 0 Å².